The molecule has 0 fully saturated rings. The lowest BCUT2D eigenvalue weighted by molar-refractivity contribution is -0.131. The first-order valence-corrected chi connectivity index (χ1v) is 16.3. The molecule has 0 aromatic heterocycles. The van der Waals surface area contributed by atoms with E-state index in [9.17, 15) is 19.2 Å². The van der Waals surface area contributed by atoms with Gasteiger partial charge in [-0.2, -0.15) is 0 Å². The number of aldehydes is 1. The first-order valence-electron chi connectivity index (χ1n) is 16.3. The maximum Gasteiger partial charge on any atom is 0.408 e. The second-order valence-corrected chi connectivity index (χ2v) is 12.4. The Balaban J connectivity index is 1.41. The maximum atomic E-state index is 14.1. The van der Waals surface area contributed by atoms with Crippen LogP contribution in [0.4, 0.5) is 4.79 Å². The van der Waals surface area contributed by atoms with Crippen LogP contribution in [0.3, 0.4) is 0 Å². The summed E-state index contributed by atoms with van der Waals surface area (Å²) in [5.74, 6) is -0.860. The minimum atomic E-state index is -1.06. The van der Waals surface area contributed by atoms with Crippen LogP contribution in [-0.2, 0) is 38.6 Å². The van der Waals surface area contributed by atoms with E-state index in [0.29, 0.717) is 6.42 Å². The number of hydrogen-bond acceptors (Lipinski definition) is 5. The normalized spacial score (nSPS) is 13.0. The Labute approximate surface area is 280 Å². The zero-order chi connectivity index (χ0) is 33.9. The molecule has 0 unspecified atom stereocenters. The van der Waals surface area contributed by atoms with Gasteiger partial charge in [0.25, 0.3) is 0 Å². The van der Waals surface area contributed by atoms with E-state index in [1.165, 1.54) is 0 Å². The molecule has 3 atom stereocenters. The van der Waals surface area contributed by atoms with Crippen molar-refractivity contribution in [3.8, 4) is 0 Å². The number of carbonyl (C=O) groups excluding carboxylic acids is 4. The van der Waals surface area contributed by atoms with Gasteiger partial charge < -0.3 is 25.5 Å². The topological polar surface area (TPSA) is 114 Å². The summed E-state index contributed by atoms with van der Waals surface area (Å²) in [7, 11) is 0. The molecule has 0 aliphatic carbocycles. The highest BCUT2D eigenvalue weighted by Gasteiger charge is 2.29. The van der Waals surface area contributed by atoms with Gasteiger partial charge in [-0.15, -0.1) is 0 Å². The number of benzene rings is 5. The third-order valence-corrected chi connectivity index (χ3v) is 8.23. The van der Waals surface area contributed by atoms with Crippen molar-refractivity contribution in [2.24, 2.45) is 5.92 Å². The summed E-state index contributed by atoms with van der Waals surface area (Å²) in [5.41, 5.74) is 2.49. The van der Waals surface area contributed by atoms with Crippen LogP contribution in [0.15, 0.2) is 115 Å². The van der Waals surface area contributed by atoms with E-state index in [2.05, 4.69) is 16.0 Å². The number of fused-ring (bicyclic) bond motifs is 2. The van der Waals surface area contributed by atoms with E-state index in [0.717, 1.165) is 44.5 Å². The van der Waals surface area contributed by atoms with Gasteiger partial charge in [0.2, 0.25) is 11.8 Å². The standard InChI is InChI=1S/C40H41N3O5/c1-27(2)21-34(25-44)41-38(45)37(24-33-17-10-16-31-14-8-9-18-35(31)33)42-39(46)36(43-40(47)48-26-28-11-4-3-5-12-28)23-29-19-20-30-13-6-7-15-32(30)22-29/h3-20,22,25,27,34,36-37H,21,23-24,26H2,1-2H3,(H,41,45)(H,42,46)(H,43,47)/t34-,36-,37-/m0/s1. The van der Waals surface area contributed by atoms with Gasteiger partial charge >= 0.3 is 6.09 Å². The number of rotatable bonds is 14. The molecule has 0 bridgehead atoms. The van der Waals surface area contributed by atoms with Gasteiger partial charge in [-0.05, 0) is 50.6 Å². The van der Waals surface area contributed by atoms with Gasteiger partial charge in [-0.3, -0.25) is 9.59 Å². The van der Waals surface area contributed by atoms with Gasteiger partial charge in [-0.1, -0.05) is 129 Å². The second kappa shape index (κ2) is 16.4. The van der Waals surface area contributed by atoms with Crippen LogP contribution in [0.1, 0.15) is 37.0 Å². The van der Waals surface area contributed by atoms with Crippen LogP contribution in [0.25, 0.3) is 21.5 Å². The fourth-order valence-electron chi connectivity index (χ4n) is 5.83. The fraction of sp³-hybridized carbons (Fsp3) is 0.250. The van der Waals surface area contributed by atoms with E-state index in [1.54, 1.807) is 0 Å². The number of alkyl carbamates (subject to hydrolysis) is 1. The first-order chi connectivity index (χ1) is 23.3. The van der Waals surface area contributed by atoms with Crippen LogP contribution >= 0.6 is 0 Å². The maximum absolute atomic E-state index is 14.1. The molecule has 0 saturated heterocycles. The minimum Gasteiger partial charge on any atom is -0.445 e. The third kappa shape index (κ3) is 9.28. The highest BCUT2D eigenvalue weighted by atomic mass is 16.5. The first kappa shape index (κ1) is 33.9. The average Bonchev–Trinajstić information content (AvgIpc) is 3.10. The third-order valence-electron chi connectivity index (χ3n) is 8.23. The van der Waals surface area contributed by atoms with E-state index < -0.39 is 36.0 Å². The Hall–Kier alpha value is -5.50. The molecule has 0 aliphatic rings. The van der Waals surface area contributed by atoms with Crippen LogP contribution in [0.5, 0.6) is 0 Å². The summed E-state index contributed by atoms with van der Waals surface area (Å²) >= 11 is 0. The Kier molecular flexibility index (Phi) is 11.5. The second-order valence-electron chi connectivity index (χ2n) is 12.4. The molecule has 5 rings (SSSR count). The van der Waals surface area contributed by atoms with Crippen molar-refractivity contribution < 1.29 is 23.9 Å². The predicted octanol–water partition coefficient (Wildman–Crippen LogP) is 6.29. The summed E-state index contributed by atoms with van der Waals surface area (Å²) < 4.78 is 5.47. The molecule has 5 aromatic rings. The van der Waals surface area contributed by atoms with Gasteiger partial charge in [0.05, 0.1) is 6.04 Å². The molecule has 0 spiro atoms. The molecular weight excluding hydrogens is 602 g/mol. The van der Waals surface area contributed by atoms with Crippen molar-refractivity contribution in [2.75, 3.05) is 0 Å². The summed E-state index contributed by atoms with van der Waals surface area (Å²) in [4.78, 5) is 52.8. The van der Waals surface area contributed by atoms with Crippen molar-refractivity contribution in [3.63, 3.8) is 0 Å². The van der Waals surface area contributed by atoms with E-state index in [4.69, 9.17) is 4.74 Å². The zero-order valence-corrected chi connectivity index (χ0v) is 27.2. The van der Waals surface area contributed by atoms with Gasteiger partial charge in [0, 0.05) is 12.8 Å². The smallest absolute Gasteiger partial charge is 0.408 e. The molecule has 246 valence electrons. The van der Waals surface area contributed by atoms with E-state index in [-0.39, 0.29) is 25.4 Å². The summed E-state index contributed by atoms with van der Waals surface area (Å²) in [6, 6.07) is 33.9. The molecule has 48 heavy (non-hydrogen) atoms. The minimum absolute atomic E-state index is 0.0338. The molecule has 8 nitrogen and oxygen atoms in total. The van der Waals surface area contributed by atoms with Crippen molar-refractivity contribution in [3.05, 3.63) is 132 Å². The lowest BCUT2D eigenvalue weighted by Crippen LogP contribution is -2.56. The van der Waals surface area contributed by atoms with Gasteiger partial charge in [0.15, 0.2) is 0 Å². The SMILES string of the molecule is CC(C)C[C@@H](C=O)NC(=O)[C@H](Cc1cccc2ccccc12)NC(=O)[C@H](Cc1ccc2ccccc2c1)NC(=O)OCc1ccccc1. The average molecular weight is 644 g/mol. The van der Waals surface area contributed by atoms with Crippen LogP contribution < -0.4 is 16.0 Å². The van der Waals surface area contributed by atoms with Crippen molar-refractivity contribution in [1.29, 1.82) is 0 Å². The molecule has 0 aliphatic heterocycles. The highest BCUT2D eigenvalue weighted by molar-refractivity contribution is 5.94. The molecule has 3 N–H and O–H groups in total. The number of ether oxygens (including phenoxy) is 1. The van der Waals surface area contributed by atoms with E-state index in [1.807, 2.05) is 129 Å². The number of nitrogens with one attached hydrogen (secondary N) is 3. The molecule has 0 saturated carbocycles. The molecule has 3 amide bonds. The lowest BCUT2D eigenvalue weighted by Gasteiger charge is -2.25. The predicted molar refractivity (Wildman–Crippen MR) is 188 cm³/mol. The van der Waals surface area contributed by atoms with Crippen LogP contribution in [0, 0.1) is 5.92 Å². The molecule has 5 aromatic carbocycles. The Morgan fingerprint density at radius 2 is 1.29 bits per heavy atom. The molecule has 0 radical (unpaired) electrons. The number of hydrogen-bond donors (Lipinski definition) is 3. The van der Waals surface area contributed by atoms with Crippen molar-refractivity contribution in [1.82, 2.24) is 16.0 Å². The molecule has 0 heterocycles. The number of amides is 3. The Bertz CT molecular complexity index is 1870. The van der Waals surface area contributed by atoms with Gasteiger partial charge in [0.1, 0.15) is 25.0 Å². The molecular formula is C40H41N3O5. The highest BCUT2D eigenvalue weighted by Crippen LogP contribution is 2.21. The van der Waals surface area contributed by atoms with Crippen molar-refractivity contribution in [2.45, 2.75) is 57.8 Å². The van der Waals surface area contributed by atoms with E-state index >= 15 is 0 Å². The summed E-state index contributed by atoms with van der Waals surface area (Å²) in [5, 5.41) is 12.5. The molecule has 8 heteroatoms. The quantitative estimate of drug-likeness (QED) is 0.123. The van der Waals surface area contributed by atoms with Crippen LogP contribution in [-0.4, -0.2) is 42.3 Å². The summed E-state index contributed by atoms with van der Waals surface area (Å²) in [6.45, 7) is 3.97. The monoisotopic (exact) mass is 643 g/mol. The van der Waals surface area contributed by atoms with Crippen molar-refractivity contribution >= 4 is 45.7 Å². The fourth-order valence-corrected chi connectivity index (χ4v) is 5.83. The van der Waals surface area contributed by atoms with Crippen LogP contribution in [0.2, 0.25) is 0 Å². The zero-order valence-electron chi connectivity index (χ0n) is 27.2. The Morgan fingerprint density at radius 3 is 2.04 bits per heavy atom. The lowest BCUT2D eigenvalue weighted by atomic mass is 9.97. The largest absolute Gasteiger partial charge is 0.445 e. The Morgan fingerprint density at radius 1 is 0.646 bits per heavy atom. The number of carbonyl (C=O) groups is 4. The van der Waals surface area contributed by atoms with Gasteiger partial charge in [-0.25, -0.2) is 4.79 Å². The summed E-state index contributed by atoms with van der Waals surface area (Å²) in [6.07, 6.45) is 0.760.